The molecule has 74 valence electrons. The van der Waals surface area contributed by atoms with Gasteiger partial charge in [0.15, 0.2) is 0 Å². The number of aromatic amines is 1. The summed E-state index contributed by atoms with van der Waals surface area (Å²) < 4.78 is 0. The zero-order chi connectivity index (χ0) is 10.5. The highest BCUT2D eigenvalue weighted by atomic mass is 14.7. The summed E-state index contributed by atoms with van der Waals surface area (Å²) in [6, 6.07) is 8.81. The quantitative estimate of drug-likeness (QED) is 0.748. The number of aryl methyl sites for hydroxylation is 1. The molecular formula is C13H12N2. The van der Waals surface area contributed by atoms with Crippen LogP contribution >= 0.6 is 0 Å². The van der Waals surface area contributed by atoms with Crippen LogP contribution < -0.4 is 0 Å². The normalized spacial score (nSPS) is 17.6. The van der Waals surface area contributed by atoms with Gasteiger partial charge in [0, 0.05) is 11.7 Å². The molecule has 0 atom stereocenters. The number of nitrogens with one attached hydrogen (secondary N) is 1. The number of nitriles is 1. The van der Waals surface area contributed by atoms with Crippen LogP contribution in [0.5, 0.6) is 0 Å². The molecule has 0 unspecified atom stereocenters. The number of rotatable bonds is 1. The highest BCUT2D eigenvalue weighted by Crippen LogP contribution is 2.48. The molecule has 1 aromatic carbocycles. The van der Waals surface area contributed by atoms with Crippen LogP contribution in [0.4, 0.5) is 0 Å². The molecule has 1 N–H and O–H groups in total. The minimum Gasteiger partial charge on any atom is -0.361 e. The molecular weight excluding hydrogens is 184 g/mol. The Balaban J connectivity index is 2.26. The van der Waals surface area contributed by atoms with Crippen LogP contribution in [0.3, 0.4) is 0 Å². The predicted molar refractivity (Wildman–Crippen MR) is 59.6 cm³/mol. The molecule has 1 saturated carbocycles. The second-order valence-electron chi connectivity index (χ2n) is 4.43. The maximum absolute atomic E-state index is 9.17. The summed E-state index contributed by atoms with van der Waals surface area (Å²) in [5, 5.41) is 10.4. The SMILES string of the molecule is Cc1cc(C2(C#N)CC2)cc2cc[nH]c12. The van der Waals surface area contributed by atoms with Crippen molar-refractivity contribution in [2.45, 2.75) is 25.2 Å². The molecule has 2 nitrogen and oxygen atoms in total. The van der Waals surface area contributed by atoms with Crippen molar-refractivity contribution >= 4 is 10.9 Å². The highest BCUT2D eigenvalue weighted by molar-refractivity contribution is 5.83. The van der Waals surface area contributed by atoms with Gasteiger partial charge in [0.05, 0.1) is 11.5 Å². The van der Waals surface area contributed by atoms with Crippen molar-refractivity contribution in [2.24, 2.45) is 0 Å². The fourth-order valence-corrected chi connectivity index (χ4v) is 2.22. The number of aromatic nitrogens is 1. The third kappa shape index (κ3) is 1.10. The summed E-state index contributed by atoms with van der Waals surface area (Å²) in [6.07, 6.45) is 3.98. The van der Waals surface area contributed by atoms with Crippen LogP contribution in [0.15, 0.2) is 24.4 Å². The fourth-order valence-electron chi connectivity index (χ4n) is 2.22. The van der Waals surface area contributed by atoms with E-state index in [9.17, 15) is 0 Å². The predicted octanol–water partition coefficient (Wildman–Crippen LogP) is 3.03. The second-order valence-corrected chi connectivity index (χ2v) is 4.43. The first-order valence-corrected chi connectivity index (χ1v) is 5.25. The van der Waals surface area contributed by atoms with E-state index < -0.39 is 0 Å². The van der Waals surface area contributed by atoms with E-state index in [1.165, 1.54) is 22.0 Å². The first kappa shape index (κ1) is 8.55. The zero-order valence-electron chi connectivity index (χ0n) is 8.67. The molecule has 0 bridgehead atoms. The van der Waals surface area contributed by atoms with Crippen LogP contribution in [0.2, 0.25) is 0 Å². The standard InChI is InChI=1S/C13H12N2/c1-9-6-11(13(8-14)3-4-13)7-10-2-5-15-12(9)10/h2,5-7,15H,3-4H2,1H3. The van der Waals surface area contributed by atoms with Gasteiger partial charge in [0.25, 0.3) is 0 Å². The van der Waals surface area contributed by atoms with Gasteiger partial charge in [-0.05, 0) is 48.4 Å². The highest BCUT2D eigenvalue weighted by Gasteiger charge is 2.45. The zero-order valence-corrected chi connectivity index (χ0v) is 8.67. The summed E-state index contributed by atoms with van der Waals surface area (Å²) in [5.41, 5.74) is 3.44. The van der Waals surface area contributed by atoms with Gasteiger partial charge in [-0.2, -0.15) is 5.26 Å². The number of H-pyrrole nitrogens is 1. The molecule has 1 aliphatic rings. The minimum absolute atomic E-state index is 0.170. The summed E-state index contributed by atoms with van der Waals surface area (Å²) >= 11 is 0. The first-order valence-electron chi connectivity index (χ1n) is 5.25. The van der Waals surface area contributed by atoms with E-state index in [0.717, 1.165) is 12.8 Å². The molecule has 0 aliphatic heterocycles. The average molecular weight is 196 g/mol. The van der Waals surface area contributed by atoms with E-state index in [4.69, 9.17) is 5.26 Å². The number of hydrogen-bond donors (Lipinski definition) is 1. The van der Waals surface area contributed by atoms with Crippen molar-refractivity contribution in [2.75, 3.05) is 0 Å². The van der Waals surface area contributed by atoms with Crippen molar-refractivity contribution in [3.63, 3.8) is 0 Å². The van der Waals surface area contributed by atoms with Gasteiger partial charge in [-0.15, -0.1) is 0 Å². The molecule has 3 rings (SSSR count). The maximum Gasteiger partial charge on any atom is 0.0824 e. The maximum atomic E-state index is 9.17. The van der Waals surface area contributed by atoms with Gasteiger partial charge >= 0.3 is 0 Å². The van der Waals surface area contributed by atoms with Crippen LogP contribution in [0, 0.1) is 18.3 Å². The first-order chi connectivity index (χ1) is 7.25. The van der Waals surface area contributed by atoms with E-state index in [1.807, 2.05) is 6.20 Å². The Labute approximate surface area is 88.5 Å². The van der Waals surface area contributed by atoms with E-state index >= 15 is 0 Å². The minimum atomic E-state index is -0.170. The lowest BCUT2D eigenvalue weighted by atomic mass is 9.94. The lowest BCUT2D eigenvalue weighted by Gasteiger charge is -2.08. The molecule has 1 heterocycles. The van der Waals surface area contributed by atoms with Crippen molar-refractivity contribution in [1.82, 2.24) is 4.98 Å². The van der Waals surface area contributed by atoms with Crippen molar-refractivity contribution in [1.29, 1.82) is 5.26 Å². The molecule has 1 aliphatic carbocycles. The molecule has 2 aromatic rings. The third-order valence-corrected chi connectivity index (χ3v) is 3.37. The Hall–Kier alpha value is -1.75. The van der Waals surface area contributed by atoms with Crippen molar-refractivity contribution < 1.29 is 0 Å². The van der Waals surface area contributed by atoms with Crippen LogP contribution in [-0.2, 0) is 5.41 Å². The van der Waals surface area contributed by atoms with E-state index in [-0.39, 0.29) is 5.41 Å². The molecule has 2 heteroatoms. The molecule has 0 radical (unpaired) electrons. The molecule has 15 heavy (non-hydrogen) atoms. The fraction of sp³-hybridized carbons (Fsp3) is 0.308. The van der Waals surface area contributed by atoms with Crippen molar-refractivity contribution in [3.05, 3.63) is 35.5 Å². The Morgan fingerprint density at radius 2 is 2.20 bits per heavy atom. The van der Waals surface area contributed by atoms with Crippen LogP contribution in [-0.4, -0.2) is 4.98 Å². The number of nitrogens with zero attached hydrogens (tertiary/aromatic N) is 1. The Morgan fingerprint density at radius 3 is 2.87 bits per heavy atom. The van der Waals surface area contributed by atoms with Gasteiger partial charge in [-0.25, -0.2) is 0 Å². The van der Waals surface area contributed by atoms with E-state index in [2.05, 4.69) is 36.2 Å². The Morgan fingerprint density at radius 1 is 1.40 bits per heavy atom. The number of hydrogen-bond acceptors (Lipinski definition) is 1. The van der Waals surface area contributed by atoms with Gasteiger partial charge < -0.3 is 4.98 Å². The van der Waals surface area contributed by atoms with Gasteiger partial charge in [0.2, 0.25) is 0 Å². The topological polar surface area (TPSA) is 39.6 Å². The average Bonchev–Trinajstić information content (AvgIpc) is 2.90. The smallest absolute Gasteiger partial charge is 0.0824 e. The molecule has 1 aromatic heterocycles. The molecule has 0 amide bonds. The van der Waals surface area contributed by atoms with Gasteiger partial charge in [0.1, 0.15) is 0 Å². The van der Waals surface area contributed by atoms with Gasteiger partial charge in [-0.3, -0.25) is 0 Å². The largest absolute Gasteiger partial charge is 0.361 e. The molecule has 0 spiro atoms. The summed E-state index contributed by atoms with van der Waals surface area (Å²) in [7, 11) is 0. The Bertz CT molecular complexity index is 568. The van der Waals surface area contributed by atoms with E-state index in [1.54, 1.807) is 0 Å². The third-order valence-electron chi connectivity index (χ3n) is 3.37. The number of benzene rings is 1. The van der Waals surface area contributed by atoms with Gasteiger partial charge in [-0.1, -0.05) is 6.07 Å². The van der Waals surface area contributed by atoms with Crippen LogP contribution in [0.1, 0.15) is 24.0 Å². The van der Waals surface area contributed by atoms with Crippen molar-refractivity contribution in [3.8, 4) is 6.07 Å². The molecule has 0 saturated heterocycles. The summed E-state index contributed by atoms with van der Waals surface area (Å²) in [4.78, 5) is 3.22. The second kappa shape index (κ2) is 2.64. The summed E-state index contributed by atoms with van der Waals surface area (Å²) in [5.74, 6) is 0. The summed E-state index contributed by atoms with van der Waals surface area (Å²) in [6.45, 7) is 2.09. The monoisotopic (exact) mass is 196 g/mol. The lowest BCUT2D eigenvalue weighted by molar-refractivity contribution is 0.909. The van der Waals surface area contributed by atoms with Crippen LogP contribution in [0.25, 0.3) is 10.9 Å². The lowest BCUT2D eigenvalue weighted by Crippen LogP contribution is -2.02. The molecule has 1 fully saturated rings. The number of fused-ring (bicyclic) bond motifs is 1. The van der Waals surface area contributed by atoms with E-state index in [0.29, 0.717) is 0 Å². The Kier molecular flexibility index (Phi) is 1.50.